The number of nitrogens with two attached hydrogens (primary N) is 1. The lowest BCUT2D eigenvalue weighted by Crippen LogP contribution is -2.29. The molecule has 0 aromatic heterocycles. The fourth-order valence-corrected chi connectivity index (χ4v) is 2.43. The van der Waals surface area contributed by atoms with Crippen LogP contribution in [0, 0.1) is 0 Å². The van der Waals surface area contributed by atoms with E-state index in [4.69, 9.17) is 5.73 Å². The normalized spacial score (nSPS) is 13.1. The highest BCUT2D eigenvalue weighted by molar-refractivity contribution is 8.00. The quantitative estimate of drug-likeness (QED) is 0.750. The number of thioether (sulfide) groups is 1. The summed E-state index contributed by atoms with van der Waals surface area (Å²) in [4.78, 5) is 3.47. The first kappa shape index (κ1) is 11.6. The fraction of sp³-hybridized carbons (Fsp3) is 0.455. The van der Waals surface area contributed by atoms with Crippen LogP contribution in [-0.2, 0) is 0 Å². The average molecular weight is 210 g/mol. The van der Waals surface area contributed by atoms with Gasteiger partial charge in [0.05, 0.1) is 0 Å². The molecule has 0 amide bonds. The summed E-state index contributed by atoms with van der Waals surface area (Å²) in [5.41, 5.74) is 5.72. The van der Waals surface area contributed by atoms with Gasteiger partial charge in [-0.2, -0.15) is 0 Å². The zero-order chi connectivity index (χ0) is 10.4. The van der Waals surface area contributed by atoms with Crippen LogP contribution in [0.2, 0.25) is 0 Å². The molecule has 14 heavy (non-hydrogen) atoms. The largest absolute Gasteiger partial charge is 0.329 e. The van der Waals surface area contributed by atoms with Gasteiger partial charge in [-0.25, -0.2) is 0 Å². The van der Waals surface area contributed by atoms with Crippen molar-refractivity contribution in [3.05, 3.63) is 30.3 Å². The zero-order valence-electron chi connectivity index (χ0n) is 8.81. The molecule has 0 aliphatic rings. The minimum absolute atomic E-state index is 0.479. The predicted molar refractivity (Wildman–Crippen MR) is 63.7 cm³/mol. The van der Waals surface area contributed by atoms with E-state index >= 15 is 0 Å². The van der Waals surface area contributed by atoms with Crippen molar-refractivity contribution in [2.75, 3.05) is 27.2 Å². The van der Waals surface area contributed by atoms with Gasteiger partial charge in [0.25, 0.3) is 0 Å². The molecule has 0 aliphatic carbocycles. The molecule has 0 bridgehead atoms. The third-order valence-electron chi connectivity index (χ3n) is 1.88. The minimum atomic E-state index is 0.479. The maximum atomic E-state index is 5.72. The van der Waals surface area contributed by atoms with Crippen molar-refractivity contribution in [2.24, 2.45) is 5.73 Å². The lowest BCUT2D eigenvalue weighted by molar-refractivity contribution is 0.408. The summed E-state index contributed by atoms with van der Waals surface area (Å²) in [5.74, 6) is 0. The van der Waals surface area contributed by atoms with E-state index < -0.39 is 0 Å². The number of rotatable bonds is 5. The van der Waals surface area contributed by atoms with Crippen molar-refractivity contribution >= 4 is 11.8 Å². The molecule has 0 spiro atoms. The van der Waals surface area contributed by atoms with E-state index in [9.17, 15) is 0 Å². The molecule has 1 atom stereocenters. The third-order valence-corrected chi connectivity index (χ3v) is 3.10. The van der Waals surface area contributed by atoms with Crippen molar-refractivity contribution in [3.63, 3.8) is 0 Å². The molecule has 0 radical (unpaired) electrons. The predicted octanol–water partition coefficient (Wildman–Crippen LogP) is 1.67. The molecule has 0 saturated carbocycles. The summed E-state index contributed by atoms with van der Waals surface area (Å²) in [6, 6.07) is 10.4. The Morgan fingerprint density at radius 2 is 1.93 bits per heavy atom. The molecule has 1 aromatic rings. The van der Waals surface area contributed by atoms with E-state index in [-0.39, 0.29) is 0 Å². The average Bonchev–Trinajstić information content (AvgIpc) is 2.17. The maximum absolute atomic E-state index is 5.72. The van der Waals surface area contributed by atoms with Gasteiger partial charge in [0.15, 0.2) is 0 Å². The van der Waals surface area contributed by atoms with Crippen LogP contribution < -0.4 is 5.73 Å². The van der Waals surface area contributed by atoms with Crippen molar-refractivity contribution in [1.29, 1.82) is 0 Å². The highest BCUT2D eigenvalue weighted by Gasteiger charge is 2.08. The lowest BCUT2D eigenvalue weighted by atomic mass is 10.4. The Bertz CT molecular complexity index is 249. The second-order valence-electron chi connectivity index (χ2n) is 3.55. The van der Waals surface area contributed by atoms with Crippen molar-refractivity contribution in [2.45, 2.75) is 10.1 Å². The van der Waals surface area contributed by atoms with E-state index in [2.05, 4.69) is 43.3 Å². The van der Waals surface area contributed by atoms with Gasteiger partial charge in [0.1, 0.15) is 0 Å². The van der Waals surface area contributed by atoms with Crippen molar-refractivity contribution in [1.82, 2.24) is 4.90 Å². The van der Waals surface area contributed by atoms with Gasteiger partial charge in [-0.15, -0.1) is 11.8 Å². The highest BCUT2D eigenvalue weighted by atomic mass is 32.2. The molecule has 2 nitrogen and oxygen atoms in total. The maximum Gasteiger partial charge on any atom is 0.0344 e. The Labute approximate surface area is 90.5 Å². The molecule has 1 rings (SSSR count). The minimum Gasteiger partial charge on any atom is -0.329 e. The monoisotopic (exact) mass is 210 g/mol. The molecular weight excluding hydrogens is 192 g/mol. The summed E-state index contributed by atoms with van der Waals surface area (Å²) in [6.07, 6.45) is 0. The summed E-state index contributed by atoms with van der Waals surface area (Å²) < 4.78 is 0. The number of hydrogen-bond donors (Lipinski definition) is 1. The van der Waals surface area contributed by atoms with Crippen molar-refractivity contribution < 1.29 is 0 Å². The Kier molecular flexibility index (Phi) is 5.01. The second-order valence-corrected chi connectivity index (χ2v) is 4.92. The SMILES string of the molecule is CN(C)CC(CN)Sc1ccccc1. The lowest BCUT2D eigenvalue weighted by Gasteiger charge is -2.18. The van der Waals surface area contributed by atoms with Crippen molar-refractivity contribution in [3.8, 4) is 0 Å². The summed E-state index contributed by atoms with van der Waals surface area (Å²) in [6.45, 7) is 1.74. The van der Waals surface area contributed by atoms with E-state index in [1.807, 2.05) is 17.8 Å². The fourth-order valence-electron chi connectivity index (χ4n) is 1.26. The molecule has 1 aromatic carbocycles. The number of nitrogens with zero attached hydrogens (tertiary/aromatic N) is 1. The van der Waals surface area contributed by atoms with Gasteiger partial charge in [0, 0.05) is 23.2 Å². The molecule has 3 heteroatoms. The Morgan fingerprint density at radius 1 is 1.29 bits per heavy atom. The Hall–Kier alpha value is -0.510. The van der Waals surface area contributed by atoms with Crippen LogP contribution in [0.4, 0.5) is 0 Å². The Balaban J connectivity index is 2.48. The number of benzene rings is 1. The van der Waals surface area contributed by atoms with Crippen LogP contribution in [0.3, 0.4) is 0 Å². The van der Waals surface area contributed by atoms with Crippen LogP contribution in [0.1, 0.15) is 0 Å². The van der Waals surface area contributed by atoms with Gasteiger partial charge in [-0.1, -0.05) is 18.2 Å². The van der Waals surface area contributed by atoms with Crippen LogP contribution >= 0.6 is 11.8 Å². The molecular formula is C11H18N2S. The smallest absolute Gasteiger partial charge is 0.0344 e. The summed E-state index contributed by atoms with van der Waals surface area (Å²) in [7, 11) is 4.16. The first-order valence-electron chi connectivity index (χ1n) is 4.79. The van der Waals surface area contributed by atoms with E-state index in [1.165, 1.54) is 4.90 Å². The van der Waals surface area contributed by atoms with Crippen LogP contribution in [0.5, 0.6) is 0 Å². The van der Waals surface area contributed by atoms with E-state index in [0.717, 1.165) is 13.1 Å². The van der Waals surface area contributed by atoms with Gasteiger partial charge < -0.3 is 10.6 Å². The topological polar surface area (TPSA) is 29.3 Å². The highest BCUT2D eigenvalue weighted by Crippen LogP contribution is 2.22. The molecule has 78 valence electrons. The Morgan fingerprint density at radius 3 is 2.43 bits per heavy atom. The van der Waals surface area contributed by atoms with Crippen LogP contribution in [-0.4, -0.2) is 37.3 Å². The van der Waals surface area contributed by atoms with E-state index in [0.29, 0.717) is 5.25 Å². The summed E-state index contributed by atoms with van der Waals surface area (Å²) in [5, 5.41) is 0.479. The van der Waals surface area contributed by atoms with Gasteiger partial charge >= 0.3 is 0 Å². The molecule has 0 fully saturated rings. The van der Waals surface area contributed by atoms with Crippen LogP contribution in [0.25, 0.3) is 0 Å². The van der Waals surface area contributed by atoms with Gasteiger partial charge in [0.2, 0.25) is 0 Å². The van der Waals surface area contributed by atoms with E-state index in [1.54, 1.807) is 0 Å². The van der Waals surface area contributed by atoms with Crippen LogP contribution in [0.15, 0.2) is 35.2 Å². The molecule has 0 aliphatic heterocycles. The molecule has 2 N–H and O–H groups in total. The molecule has 0 saturated heterocycles. The molecule has 0 heterocycles. The third kappa shape index (κ3) is 4.13. The first-order valence-corrected chi connectivity index (χ1v) is 5.67. The van der Waals surface area contributed by atoms with Gasteiger partial charge in [-0.05, 0) is 26.2 Å². The van der Waals surface area contributed by atoms with Gasteiger partial charge in [-0.3, -0.25) is 0 Å². The molecule has 1 unspecified atom stereocenters. The summed E-state index contributed by atoms with van der Waals surface area (Å²) >= 11 is 1.85. The number of hydrogen-bond acceptors (Lipinski definition) is 3. The standard InChI is InChI=1S/C11H18N2S/c1-13(2)9-11(8-12)14-10-6-4-3-5-7-10/h3-7,11H,8-9,12H2,1-2H3. The zero-order valence-corrected chi connectivity index (χ0v) is 9.63. The first-order chi connectivity index (χ1) is 6.72. The second kappa shape index (κ2) is 6.06.